The van der Waals surface area contributed by atoms with Gasteiger partial charge in [-0.1, -0.05) is 32.0 Å². The molecule has 0 spiro atoms. The summed E-state index contributed by atoms with van der Waals surface area (Å²) >= 11 is 0. The molecule has 3 aromatic heterocycles. The lowest BCUT2D eigenvalue weighted by molar-refractivity contribution is 0.505. The summed E-state index contributed by atoms with van der Waals surface area (Å²) in [6.07, 6.45) is 4.84. The predicted octanol–water partition coefficient (Wildman–Crippen LogP) is 4.43. The first-order valence-electron chi connectivity index (χ1n) is 8.69. The molecule has 27 heavy (non-hydrogen) atoms. The maximum atomic E-state index is 14.1. The van der Waals surface area contributed by atoms with E-state index in [0.717, 1.165) is 15.5 Å². The van der Waals surface area contributed by atoms with Gasteiger partial charge in [0.05, 0.1) is 11.8 Å². The van der Waals surface area contributed by atoms with Crippen LogP contribution in [0.3, 0.4) is 0 Å². The van der Waals surface area contributed by atoms with E-state index in [0.29, 0.717) is 17.6 Å². The summed E-state index contributed by atoms with van der Waals surface area (Å²) < 4.78 is 15.2. The molecule has 0 atom stereocenters. The van der Waals surface area contributed by atoms with Crippen LogP contribution in [0.15, 0.2) is 48.9 Å². The van der Waals surface area contributed by atoms with Crippen molar-refractivity contribution in [3.63, 3.8) is 0 Å². The van der Waals surface area contributed by atoms with Crippen molar-refractivity contribution < 1.29 is 4.39 Å². The zero-order chi connectivity index (χ0) is 19.0. The number of aromatic nitrogens is 5. The smallest absolute Gasteiger partial charge is 0.222 e. The van der Waals surface area contributed by atoms with E-state index in [1.807, 2.05) is 24.4 Å². The second-order valence-corrected chi connectivity index (χ2v) is 6.66. The maximum Gasteiger partial charge on any atom is 0.222 e. The summed E-state index contributed by atoms with van der Waals surface area (Å²) in [4.78, 5) is 13.0. The second-order valence-electron chi connectivity index (χ2n) is 6.66. The topological polar surface area (TPSA) is 68.5 Å². The summed E-state index contributed by atoms with van der Waals surface area (Å²) in [5.41, 5.74) is 1.52. The lowest BCUT2D eigenvalue weighted by Gasteiger charge is -2.12. The molecule has 7 heteroatoms. The highest BCUT2D eigenvalue weighted by molar-refractivity contribution is 5.88. The third-order valence-electron chi connectivity index (χ3n) is 4.44. The summed E-state index contributed by atoms with van der Waals surface area (Å²) in [7, 11) is 1.53. The van der Waals surface area contributed by atoms with Gasteiger partial charge in [0, 0.05) is 24.8 Å². The van der Waals surface area contributed by atoms with Gasteiger partial charge in [0.2, 0.25) is 5.95 Å². The van der Waals surface area contributed by atoms with E-state index in [4.69, 9.17) is 0 Å². The Morgan fingerprint density at radius 3 is 2.67 bits per heavy atom. The van der Waals surface area contributed by atoms with Crippen molar-refractivity contribution in [3.8, 4) is 11.4 Å². The van der Waals surface area contributed by atoms with E-state index < -0.39 is 5.95 Å². The van der Waals surface area contributed by atoms with E-state index in [2.05, 4.69) is 45.3 Å². The molecule has 0 aliphatic heterocycles. The second kappa shape index (κ2) is 6.75. The molecule has 0 aliphatic carbocycles. The van der Waals surface area contributed by atoms with Gasteiger partial charge in [-0.05, 0) is 29.0 Å². The van der Waals surface area contributed by atoms with Crippen molar-refractivity contribution in [3.05, 3.63) is 60.4 Å². The van der Waals surface area contributed by atoms with Crippen molar-refractivity contribution in [2.45, 2.75) is 19.8 Å². The maximum absolute atomic E-state index is 14.1. The number of pyridine rings is 1. The molecular formula is C20H19FN6. The van der Waals surface area contributed by atoms with Crippen LogP contribution in [-0.2, 0) is 7.05 Å². The number of anilines is 2. The zero-order valence-electron chi connectivity index (χ0n) is 15.3. The van der Waals surface area contributed by atoms with Gasteiger partial charge in [-0.2, -0.15) is 9.49 Å². The summed E-state index contributed by atoms with van der Waals surface area (Å²) in [5.74, 6) is 1.42. The average Bonchev–Trinajstić information content (AvgIpc) is 3.00. The van der Waals surface area contributed by atoms with Gasteiger partial charge in [0.15, 0.2) is 5.82 Å². The lowest BCUT2D eigenvalue weighted by atomic mass is 9.97. The van der Waals surface area contributed by atoms with Gasteiger partial charge in [-0.15, -0.1) is 0 Å². The molecule has 4 rings (SSSR count). The minimum absolute atomic E-state index is 0.259. The highest BCUT2D eigenvalue weighted by Crippen LogP contribution is 2.27. The van der Waals surface area contributed by atoms with E-state index in [9.17, 15) is 4.39 Å². The van der Waals surface area contributed by atoms with Crippen LogP contribution >= 0.6 is 0 Å². The van der Waals surface area contributed by atoms with Crippen LogP contribution in [0, 0.1) is 5.95 Å². The van der Waals surface area contributed by atoms with Crippen LogP contribution in [0.1, 0.15) is 25.3 Å². The lowest BCUT2D eigenvalue weighted by Crippen LogP contribution is -2.00. The first kappa shape index (κ1) is 17.1. The SMILES string of the molecule is CC(C)c1cccc2cnc(Nc3ccnc(-c4cnn(C)c4F)n3)cc12. The van der Waals surface area contributed by atoms with Crippen LogP contribution in [-0.4, -0.2) is 24.7 Å². The Labute approximate surface area is 156 Å². The van der Waals surface area contributed by atoms with E-state index >= 15 is 0 Å². The highest BCUT2D eigenvalue weighted by atomic mass is 19.1. The number of benzene rings is 1. The normalized spacial score (nSPS) is 11.3. The Balaban J connectivity index is 1.69. The van der Waals surface area contributed by atoms with Gasteiger partial charge in [0.1, 0.15) is 11.6 Å². The number of nitrogens with zero attached hydrogens (tertiary/aromatic N) is 5. The Hall–Kier alpha value is -3.35. The fraction of sp³-hybridized carbons (Fsp3) is 0.200. The molecule has 0 radical (unpaired) electrons. The summed E-state index contributed by atoms with van der Waals surface area (Å²) in [6.45, 7) is 4.34. The average molecular weight is 362 g/mol. The highest BCUT2D eigenvalue weighted by Gasteiger charge is 2.13. The molecule has 0 amide bonds. The van der Waals surface area contributed by atoms with Crippen molar-refractivity contribution in [1.82, 2.24) is 24.7 Å². The minimum atomic E-state index is -0.474. The zero-order valence-corrected chi connectivity index (χ0v) is 15.3. The van der Waals surface area contributed by atoms with Crippen molar-refractivity contribution in [2.24, 2.45) is 7.05 Å². The number of aryl methyl sites for hydroxylation is 1. The molecule has 0 fully saturated rings. The van der Waals surface area contributed by atoms with E-state index in [-0.39, 0.29) is 11.4 Å². The molecule has 1 N–H and O–H groups in total. The molecule has 136 valence electrons. The van der Waals surface area contributed by atoms with Crippen LogP contribution in [0.4, 0.5) is 16.0 Å². The number of fused-ring (bicyclic) bond motifs is 1. The third-order valence-corrected chi connectivity index (χ3v) is 4.44. The summed E-state index contributed by atoms with van der Waals surface area (Å²) in [6, 6.07) is 9.96. The van der Waals surface area contributed by atoms with E-state index in [1.54, 1.807) is 12.3 Å². The van der Waals surface area contributed by atoms with Gasteiger partial charge in [-0.3, -0.25) is 0 Å². The van der Waals surface area contributed by atoms with Gasteiger partial charge in [-0.25, -0.2) is 19.6 Å². The summed E-state index contributed by atoms with van der Waals surface area (Å²) in [5, 5.41) is 9.32. The Morgan fingerprint density at radius 1 is 1.07 bits per heavy atom. The third kappa shape index (κ3) is 3.23. The van der Waals surface area contributed by atoms with Gasteiger partial charge < -0.3 is 5.32 Å². The van der Waals surface area contributed by atoms with Crippen molar-refractivity contribution >= 4 is 22.4 Å². The fourth-order valence-electron chi connectivity index (χ4n) is 3.03. The standard InChI is InChI=1S/C20H19FN6/c1-12(2)14-6-4-5-13-10-23-18(9-15(13)14)25-17-7-8-22-20(26-17)16-11-24-27(3)19(16)21/h4-12H,1-3H3,(H,22,23,25,26). The molecule has 0 saturated carbocycles. The van der Waals surface area contributed by atoms with Gasteiger partial charge >= 0.3 is 0 Å². The number of hydrogen-bond donors (Lipinski definition) is 1. The van der Waals surface area contributed by atoms with Crippen LogP contribution in [0.2, 0.25) is 0 Å². The van der Waals surface area contributed by atoms with Crippen molar-refractivity contribution in [2.75, 3.05) is 5.32 Å². The van der Waals surface area contributed by atoms with Gasteiger partial charge in [0.25, 0.3) is 0 Å². The number of hydrogen-bond acceptors (Lipinski definition) is 5. The number of halogens is 1. The molecule has 6 nitrogen and oxygen atoms in total. The molecule has 0 aliphatic rings. The monoisotopic (exact) mass is 362 g/mol. The molecule has 0 bridgehead atoms. The molecular weight excluding hydrogens is 343 g/mol. The quantitative estimate of drug-likeness (QED) is 0.582. The molecule has 0 saturated heterocycles. The fourth-order valence-corrected chi connectivity index (χ4v) is 3.03. The molecule has 3 heterocycles. The Morgan fingerprint density at radius 2 is 1.93 bits per heavy atom. The van der Waals surface area contributed by atoms with Crippen LogP contribution < -0.4 is 5.32 Å². The van der Waals surface area contributed by atoms with Crippen molar-refractivity contribution in [1.29, 1.82) is 0 Å². The predicted molar refractivity (Wildman–Crippen MR) is 103 cm³/mol. The largest absolute Gasteiger partial charge is 0.325 e. The Kier molecular flexibility index (Phi) is 4.27. The first-order chi connectivity index (χ1) is 13.0. The minimum Gasteiger partial charge on any atom is -0.325 e. The Bertz CT molecular complexity index is 1120. The molecule has 1 aromatic carbocycles. The molecule has 0 unspecified atom stereocenters. The molecule has 4 aromatic rings. The first-order valence-corrected chi connectivity index (χ1v) is 8.69. The van der Waals surface area contributed by atoms with E-state index in [1.165, 1.54) is 18.8 Å². The number of nitrogens with one attached hydrogen (secondary N) is 1. The van der Waals surface area contributed by atoms with Crippen LogP contribution in [0.25, 0.3) is 22.2 Å². The number of rotatable bonds is 4. The van der Waals surface area contributed by atoms with Crippen LogP contribution in [0.5, 0.6) is 0 Å².